The van der Waals surface area contributed by atoms with Crippen LogP contribution in [0.1, 0.15) is 26.3 Å². The summed E-state index contributed by atoms with van der Waals surface area (Å²) < 4.78 is 5.57. The van der Waals surface area contributed by atoms with Crippen molar-refractivity contribution in [2.75, 3.05) is 19.7 Å². The maximum atomic E-state index is 9.79. The van der Waals surface area contributed by atoms with E-state index in [0.717, 1.165) is 29.3 Å². The van der Waals surface area contributed by atoms with Gasteiger partial charge in [-0.15, -0.1) is 0 Å². The van der Waals surface area contributed by atoms with E-state index in [-0.39, 0.29) is 6.61 Å². The number of aliphatic hydroxyl groups excluding tert-OH is 1. The van der Waals surface area contributed by atoms with Gasteiger partial charge in [-0.2, -0.15) is 0 Å². The fourth-order valence-corrected chi connectivity index (χ4v) is 1.95. The van der Waals surface area contributed by atoms with Crippen molar-refractivity contribution in [2.45, 2.75) is 33.3 Å². The van der Waals surface area contributed by atoms with Gasteiger partial charge < -0.3 is 15.2 Å². The normalized spacial score (nSPS) is 12.7. The molecule has 4 heteroatoms. The summed E-state index contributed by atoms with van der Waals surface area (Å²) in [6.07, 6.45) is 0.369. The van der Waals surface area contributed by atoms with E-state index in [4.69, 9.17) is 16.3 Å². The monoisotopic (exact) mass is 285 g/mol. The van der Waals surface area contributed by atoms with E-state index in [1.54, 1.807) is 0 Å². The number of hydrogen-bond donors (Lipinski definition) is 2. The molecule has 19 heavy (non-hydrogen) atoms. The van der Waals surface area contributed by atoms with Gasteiger partial charge in [0.1, 0.15) is 18.5 Å². The Labute approximate surface area is 120 Å². The lowest BCUT2D eigenvalue weighted by Gasteiger charge is -2.15. The van der Waals surface area contributed by atoms with Crippen molar-refractivity contribution in [3.63, 3.8) is 0 Å². The van der Waals surface area contributed by atoms with Crippen molar-refractivity contribution < 1.29 is 9.84 Å². The van der Waals surface area contributed by atoms with E-state index in [2.05, 4.69) is 26.1 Å². The average Bonchev–Trinajstić information content (AvgIpc) is 2.37. The molecular weight excluding hydrogens is 262 g/mol. The predicted molar refractivity (Wildman–Crippen MR) is 80.0 cm³/mol. The molecule has 1 unspecified atom stereocenters. The standard InChI is InChI=1S/C15H24ClNO2/c1-4-12-7-14(5-6-15(12)16)19-10-13(18)9-17-8-11(2)3/h5-7,11,13,17-18H,4,8-10H2,1-3H3. The first kappa shape index (κ1) is 16.3. The summed E-state index contributed by atoms with van der Waals surface area (Å²) in [4.78, 5) is 0. The predicted octanol–water partition coefficient (Wildman–Crippen LogP) is 2.89. The van der Waals surface area contributed by atoms with Gasteiger partial charge in [0.15, 0.2) is 0 Å². The molecule has 108 valence electrons. The molecule has 1 aromatic rings. The quantitative estimate of drug-likeness (QED) is 0.772. The molecule has 3 nitrogen and oxygen atoms in total. The first-order valence-electron chi connectivity index (χ1n) is 6.83. The van der Waals surface area contributed by atoms with E-state index in [1.807, 2.05) is 18.2 Å². The molecule has 0 aliphatic carbocycles. The minimum absolute atomic E-state index is 0.288. The highest BCUT2D eigenvalue weighted by Crippen LogP contribution is 2.22. The number of ether oxygens (including phenoxy) is 1. The minimum Gasteiger partial charge on any atom is -0.491 e. The molecule has 0 radical (unpaired) electrons. The highest BCUT2D eigenvalue weighted by atomic mass is 35.5. The second-order valence-electron chi connectivity index (χ2n) is 5.12. The Morgan fingerprint density at radius 2 is 2.05 bits per heavy atom. The van der Waals surface area contributed by atoms with Crippen molar-refractivity contribution in [3.8, 4) is 5.75 Å². The first-order chi connectivity index (χ1) is 9.02. The van der Waals surface area contributed by atoms with Gasteiger partial charge in [-0.25, -0.2) is 0 Å². The van der Waals surface area contributed by atoms with Gasteiger partial charge in [-0.05, 0) is 42.6 Å². The second kappa shape index (κ2) is 8.41. The molecule has 0 aromatic heterocycles. The molecule has 2 N–H and O–H groups in total. The summed E-state index contributed by atoms with van der Waals surface area (Å²) in [7, 11) is 0. The summed E-state index contributed by atoms with van der Waals surface area (Å²) in [5, 5.41) is 13.8. The Kier molecular flexibility index (Phi) is 7.21. The Bertz CT molecular complexity index is 382. The lowest BCUT2D eigenvalue weighted by molar-refractivity contribution is 0.106. The fourth-order valence-electron chi connectivity index (χ4n) is 1.70. The summed E-state index contributed by atoms with van der Waals surface area (Å²) in [5.41, 5.74) is 1.06. The van der Waals surface area contributed by atoms with E-state index in [9.17, 15) is 5.11 Å². The third-order valence-corrected chi connectivity index (χ3v) is 3.14. The lowest BCUT2D eigenvalue weighted by atomic mass is 10.1. The lowest BCUT2D eigenvalue weighted by Crippen LogP contribution is -2.33. The van der Waals surface area contributed by atoms with Crippen LogP contribution in [0, 0.1) is 5.92 Å². The highest BCUT2D eigenvalue weighted by molar-refractivity contribution is 6.31. The van der Waals surface area contributed by atoms with Gasteiger partial charge in [0.2, 0.25) is 0 Å². The number of hydrogen-bond acceptors (Lipinski definition) is 3. The highest BCUT2D eigenvalue weighted by Gasteiger charge is 2.06. The van der Waals surface area contributed by atoms with Gasteiger partial charge in [0.05, 0.1) is 0 Å². The van der Waals surface area contributed by atoms with E-state index >= 15 is 0 Å². The number of rotatable bonds is 8. The summed E-state index contributed by atoms with van der Waals surface area (Å²) in [6.45, 7) is 8.06. The van der Waals surface area contributed by atoms with Crippen LogP contribution >= 0.6 is 11.6 Å². The van der Waals surface area contributed by atoms with E-state index in [1.165, 1.54) is 0 Å². The number of nitrogens with one attached hydrogen (secondary N) is 1. The molecule has 0 bridgehead atoms. The molecule has 1 atom stereocenters. The number of benzene rings is 1. The number of halogens is 1. The third-order valence-electron chi connectivity index (χ3n) is 2.77. The van der Waals surface area contributed by atoms with Crippen molar-refractivity contribution in [2.24, 2.45) is 5.92 Å². The molecule has 0 aliphatic heterocycles. The van der Waals surface area contributed by atoms with Gasteiger partial charge in [-0.3, -0.25) is 0 Å². The molecule has 0 fully saturated rings. The van der Waals surface area contributed by atoms with Crippen molar-refractivity contribution in [3.05, 3.63) is 28.8 Å². The van der Waals surface area contributed by atoms with Gasteiger partial charge >= 0.3 is 0 Å². The zero-order valence-corrected chi connectivity index (χ0v) is 12.7. The van der Waals surface area contributed by atoms with Crippen LogP contribution in [-0.4, -0.2) is 30.9 Å². The maximum Gasteiger partial charge on any atom is 0.119 e. The van der Waals surface area contributed by atoms with Gasteiger partial charge in [0.25, 0.3) is 0 Å². The van der Waals surface area contributed by atoms with Gasteiger partial charge in [-0.1, -0.05) is 32.4 Å². The fraction of sp³-hybridized carbons (Fsp3) is 0.600. The number of aliphatic hydroxyl groups is 1. The van der Waals surface area contributed by atoms with Crippen LogP contribution in [0.3, 0.4) is 0 Å². The molecule has 0 saturated carbocycles. The van der Waals surface area contributed by atoms with E-state index < -0.39 is 6.10 Å². The first-order valence-corrected chi connectivity index (χ1v) is 7.20. The minimum atomic E-state index is -0.500. The molecule has 0 saturated heterocycles. The molecule has 0 aliphatic rings. The second-order valence-corrected chi connectivity index (χ2v) is 5.53. The van der Waals surface area contributed by atoms with Crippen molar-refractivity contribution >= 4 is 11.6 Å². The maximum absolute atomic E-state index is 9.79. The zero-order valence-electron chi connectivity index (χ0n) is 11.9. The zero-order chi connectivity index (χ0) is 14.3. The Morgan fingerprint density at radius 1 is 1.32 bits per heavy atom. The Hall–Kier alpha value is -0.770. The van der Waals surface area contributed by atoms with Crippen molar-refractivity contribution in [1.82, 2.24) is 5.32 Å². The number of aryl methyl sites for hydroxylation is 1. The summed E-state index contributed by atoms with van der Waals surface area (Å²) in [5.74, 6) is 1.33. The van der Waals surface area contributed by atoms with Gasteiger partial charge in [0, 0.05) is 11.6 Å². The van der Waals surface area contributed by atoms with Crippen molar-refractivity contribution in [1.29, 1.82) is 0 Å². The smallest absolute Gasteiger partial charge is 0.119 e. The average molecular weight is 286 g/mol. The molecule has 0 amide bonds. The van der Waals surface area contributed by atoms with Crippen LogP contribution in [0.2, 0.25) is 5.02 Å². The van der Waals surface area contributed by atoms with E-state index in [0.29, 0.717) is 12.5 Å². The molecule has 0 spiro atoms. The molecule has 1 rings (SSSR count). The molecule has 0 heterocycles. The Balaban J connectivity index is 2.35. The van der Waals surface area contributed by atoms with Crippen LogP contribution in [-0.2, 0) is 6.42 Å². The Morgan fingerprint density at radius 3 is 2.68 bits per heavy atom. The SMILES string of the molecule is CCc1cc(OCC(O)CNCC(C)C)ccc1Cl. The summed E-state index contributed by atoms with van der Waals surface area (Å²) in [6, 6.07) is 5.59. The van der Waals surface area contributed by atoms with Crippen LogP contribution in [0.5, 0.6) is 5.75 Å². The molecular formula is C15H24ClNO2. The largest absolute Gasteiger partial charge is 0.491 e. The van der Waals surface area contributed by atoms with Crippen LogP contribution < -0.4 is 10.1 Å². The molecule has 1 aromatic carbocycles. The van der Waals surface area contributed by atoms with Crippen LogP contribution in [0.15, 0.2) is 18.2 Å². The summed E-state index contributed by atoms with van der Waals surface area (Å²) >= 11 is 6.04. The topological polar surface area (TPSA) is 41.5 Å². The van der Waals surface area contributed by atoms with Crippen LogP contribution in [0.4, 0.5) is 0 Å². The third kappa shape index (κ3) is 6.28. The van der Waals surface area contributed by atoms with Crippen LogP contribution in [0.25, 0.3) is 0 Å².